The minimum atomic E-state index is -1.09. The summed E-state index contributed by atoms with van der Waals surface area (Å²) in [6.07, 6.45) is 6.27. The van der Waals surface area contributed by atoms with Crippen molar-refractivity contribution in [1.82, 2.24) is 45.0 Å². The average Bonchev–Trinajstić information content (AvgIpc) is 4.07. The summed E-state index contributed by atoms with van der Waals surface area (Å²) in [7, 11) is 3.31. The highest BCUT2D eigenvalue weighted by Crippen LogP contribution is 2.42. The first-order valence-electron chi connectivity index (χ1n) is 24.1. The summed E-state index contributed by atoms with van der Waals surface area (Å²) in [5.41, 5.74) is 9.28. The van der Waals surface area contributed by atoms with Gasteiger partial charge in [-0.3, -0.25) is 29.2 Å². The molecule has 16 nitrogen and oxygen atoms in total. The number of thiazole rings is 1. The van der Waals surface area contributed by atoms with Crippen LogP contribution in [-0.2, 0) is 48.0 Å². The second-order valence-corrected chi connectivity index (χ2v) is 20.9. The van der Waals surface area contributed by atoms with Crippen LogP contribution in [0, 0.1) is 17.3 Å². The van der Waals surface area contributed by atoms with Crippen molar-refractivity contribution in [1.29, 1.82) is 0 Å². The molecule has 4 aliphatic rings. The zero-order chi connectivity index (χ0) is 48.6. The number of likely N-dealkylation sites (N-methyl/N-ethyl adjacent to an activating group) is 1. The Morgan fingerprint density at radius 2 is 1.90 bits per heavy atom. The number of aromatic nitrogens is 3. The molecule has 0 spiro atoms. The third kappa shape index (κ3) is 9.66. The highest BCUT2D eigenvalue weighted by atomic mass is 32.1. The molecule has 6 atom stereocenters. The summed E-state index contributed by atoms with van der Waals surface area (Å²) >= 11 is 1.41. The van der Waals surface area contributed by atoms with Crippen molar-refractivity contribution in [2.24, 2.45) is 17.3 Å². The van der Waals surface area contributed by atoms with Crippen LogP contribution < -0.4 is 10.7 Å². The number of carbonyl (C=O) groups is 5. The van der Waals surface area contributed by atoms with Gasteiger partial charge in [0.05, 0.1) is 40.8 Å². The van der Waals surface area contributed by atoms with Crippen LogP contribution in [0.15, 0.2) is 54.6 Å². The fourth-order valence-corrected chi connectivity index (χ4v) is 11.7. The van der Waals surface area contributed by atoms with Gasteiger partial charge in [-0.2, -0.15) is 0 Å². The molecule has 0 radical (unpaired) electrons. The number of urea groups is 1. The number of methoxy groups -OCH3 is 1. The van der Waals surface area contributed by atoms with Crippen LogP contribution in [0.4, 0.5) is 4.79 Å². The Morgan fingerprint density at radius 1 is 1.12 bits per heavy atom. The van der Waals surface area contributed by atoms with E-state index in [1.165, 1.54) is 27.3 Å². The fraction of sp³-hybridized carbons (Fsp3) is 0.549. The minimum absolute atomic E-state index is 0.0766. The summed E-state index contributed by atoms with van der Waals surface area (Å²) in [5, 5.41) is 8.15. The number of amides is 5. The summed E-state index contributed by atoms with van der Waals surface area (Å²) < 4.78 is 14.3. The van der Waals surface area contributed by atoms with Gasteiger partial charge in [-0.25, -0.2) is 15.2 Å². The first-order chi connectivity index (χ1) is 32.5. The molecule has 364 valence electrons. The Balaban J connectivity index is 1.14. The normalized spacial score (nSPS) is 22.9. The van der Waals surface area contributed by atoms with Crippen LogP contribution in [0.2, 0.25) is 0 Å². The molecule has 4 aromatic rings. The van der Waals surface area contributed by atoms with Crippen molar-refractivity contribution in [2.75, 3.05) is 46.9 Å². The summed E-state index contributed by atoms with van der Waals surface area (Å²) in [4.78, 5) is 85.2. The van der Waals surface area contributed by atoms with Gasteiger partial charge in [0.2, 0.25) is 11.8 Å². The average molecular weight is 950 g/mol. The van der Waals surface area contributed by atoms with Crippen LogP contribution >= 0.6 is 11.3 Å². The zero-order valence-corrected chi connectivity index (χ0v) is 41.6. The van der Waals surface area contributed by atoms with E-state index < -0.39 is 41.3 Å². The van der Waals surface area contributed by atoms with E-state index in [2.05, 4.69) is 66.9 Å². The number of nitrogens with zero attached hydrogens (tertiary/aromatic N) is 7. The Labute approximate surface area is 403 Å². The minimum Gasteiger partial charge on any atom is -0.464 e. The SMILES string of the molecule is C=CC(=O)N1CCC[C@H]2CN(C(=O)N(C)C(C(=O)N[C@H]3Cc4nc(cs4)-c4ccc5c(c4)c(c(-c4cccnc4[C@H](C)OC)n5CC)CC(C)(C)COC(=O)[C@@H]4CCCN(N4)C3=O)C(C)C)C[C@@H]21. The Morgan fingerprint density at radius 3 is 2.63 bits per heavy atom. The number of rotatable bonds is 9. The summed E-state index contributed by atoms with van der Waals surface area (Å²) in [6, 6.07) is 7.20. The Hall–Kier alpha value is -5.65. The van der Waals surface area contributed by atoms with Crippen molar-refractivity contribution in [2.45, 2.75) is 117 Å². The van der Waals surface area contributed by atoms with Gasteiger partial charge in [-0.15, -0.1) is 11.3 Å². The van der Waals surface area contributed by atoms with Gasteiger partial charge in [0, 0.05) is 92.3 Å². The molecule has 3 aromatic heterocycles. The molecule has 17 heteroatoms. The predicted molar refractivity (Wildman–Crippen MR) is 261 cm³/mol. The lowest BCUT2D eigenvalue weighted by Gasteiger charge is -2.37. The van der Waals surface area contributed by atoms with Crippen LogP contribution in [0.25, 0.3) is 33.4 Å². The molecule has 0 aliphatic carbocycles. The van der Waals surface area contributed by atoms with Crippen molar-refractivity contribution in [3.05, 3.63) is 70.8 Å². The predicted octanol–water partition coefficient (Wildman–Crippen LogP) is 6.39. The van der Waals surface area contributed by atoms with Gasteiger partial charge >= 0.3 is 12.0 Å². The number of hydrogen-bond acceptors (Lipinski definition) is 11. The Bertz CT molecular complexity index is 2570. The van der Waals surface area contributed by atoms with E-state index in [0.717, 1.165) is 57.5 Å². The molecule has 2 N–H and O–H groups in total. The fourth-order valence-electron chi connectivity index (χ4n) is 10.8. The number of likely N-dealkylation sites (tertiary alicyclic amines) is 2. The lowest BCUT2D eigenvalue weighted by molar-refractivity contribution is -0.155. The molecule has 68 heavy (non-hydrogen) atoms. The highest BCUT2D eigenvalue weighted by molar-refractivity contribution is 7.10. The van der Waals surface area contributed by atoms with E-state index in [9.17, 15) is 24.0 Å². The largest absolute Gasteiger partial charge is 0.464 e. The van der Waals surface area contributed by atoms with E-state index in [1.54, 1.807) is 25.3 Å². The van der Waals surface area contributed by atoms with E-state index in [1.807, 2.05) is 37.1 Å². The highest BCUT2D eigenvalue weighted by Gasteiger charge is 2.45. The molecule has 7 heterocycles. The van der Waals surface area contributed by atoms with E-state index in [-0.39, 0.29) is 48.9 Å². The smallest absolute Gasteiger partial charge is 0.324 e. The van der Waals surface area contributed by atoms with Crippen molar-refractivity contribution < 1.29 is 33.4 Å². The molecule has 3 saturated heterocycles. The number of hydrazine groups is 1. The van der Waals surface area contributed by atoms with E-state index in [0.29, 0.717) is 57.0 Å². The third-order valence-corrected chi connectivity index (χ3v) is 15.2. The third-order valence-electron chi connectivity index (χ3n) is 14.3. The summed E-state index contributed by atoms with van der Waals surface area (Å²) in [5.74, 6) is -1.67. The first-order valence-corrected chi connectivity index (χ1v) is 25.0. The maximum absolute atomic E-state index is 14.7. The second kappa shape index (κ2) is 20.1. The molecule has 4 aliphatic heterocycles. The lowest BCUT2D eigenvalue weighted by atomic mass is 9.84. The molecule has 6 bridgehead atoms. The molecule has 1 unspecified atom stereocenters. The van der Waals surface area contributed by atoms with Crippen LogP contribution in [0.3, 0.4) is 0 Å². The summed E-state index contributed by atoms with van der Waals surface area (Å²) in [6.45, 7) is 18.4. The van der Waals surface area contributed by atoms with Crippen LogP contribution in [-0.4, -0.2) is 135 Å². The maximum Gasteiger partial charge on any atom is 0.324 e. The van der Waals surface area contributed by atoms with Crippen LogP contribution in [0.1, 0.15) is 89.6 Å². The van der Waals surface area contributed by atoms with Gasteiger partial charge in [-0.05, 0) is 93.7 Å². The monoisotopic (exact) mass is 949 g/mol. The number of ether oxygens (including phenoxy) is 2. The van der Waals surface area contributed by atoms with Crippen molar-refractivity contribution in [3.63, 3.8) is 0 Å². The van der Waals surface area contributed by atoms with E-state index in [4.69, 9.17) is 19.4 Å². The number of hydrogen-bond donors (Lipinski definition) is 2. The number of piperidine rings is 1. The van der Waals surface area contributed by atoms with E-state index >= 15 is 0 Å². The second-order valence-electron chi connectivity index (χ2n) is 20.0. The lowest BCUT2D eigenvalue weighted by Crippen LogP contribution is -2.62. The number of aryl methyl sites for hydroxylation is 1. The zero-order valence-electron chi connectivity index (χ0n) is 40.7. The molecular formula is C51H67N9O7S. The maximum atomic E-state index is 14.7. The quantitative estimate of drug-likeness (QED) is 0.142. The van der Waals surface area contributed by atoms with Gasteiger partial charge in [0.1, 0.15) is 18.1 Å². The number of benzene rings is 1. The number of cyclic esters (lactones) is 1. The van der Waals surface area contributed by atoms with Gasteiger partial charge < -0.3 is 34.1 Å². The Kier molecular flexibility index (Phi) is 14.4. The van der Waals surface area contributed by atoms with Gasteiger partial charge in [-0.1, -0.05) is 40.3 Å². The number of fused-ring (bicyclic) bond motifs is 7. The van der Waals surface area contributed by atoms with Gasteiger partial charge in [0.25, 0.3) is 5.91 Å². The molecule has 3 fully saturated rings. The van der Waals surface area contributed by atoms with Gasteiger partial charge in [0.15, 0.2) is 0 Å². The molecular weight excluding hydrogens is 883 g/mol. The number of nitrogens with one attached hydrogen (secondary N) is 2. The first kappa shape index (κ1) is 48.8. The number of esters is 1. The topological polar surface area (TPSA) is 172 Å². The molecule has 1 aromatic carbocycles. The van der Waals surface area contributed by atoms with Crippen molar-refractivity contribution >= 4 is 52.0 Å². The molecule has 5 amide bonds. The standard InChI is InChI=1S/C51H67N9O7S/c1-10-43(61)59-21-13-15-33-26-57(27-41(33)59)50(65)56(8)45(30(3)4)47(62)54-38-24-42-53-39(28-68-42)32-18-19-40-35(23-32)36(46(58(40)11-2)34-16-12-20-52-44(34)31(5)66-9)25-51(6,7)29-67-49(64)37-17-14-22-60(55-37)48(38)63/h10,12,16,18-20,23,28,30-31,33,37-38,41,45,55H,1,11,13-15,17,21-22,24-27,29H2,2-9H3,(H,54,62)/t31-,33-,37-,38-,41-,45?/m0/s1. The molecule has 0 saturated carbocycles. The number of carbonyl (C=O) groups excluding carboxylic acids is 5. The van der Waals surface area contributed by atoms with Crippen LogP contribution in [0.5, 0.6) is 0 Å². The number of pyridine rings is 1. The van der Waals surface area contributed by atoms with Crippen molar-refractivity contribution in [3.8, 4) is 22.5 Å². The molecule has 8 rings (SSSR count).